The zero-order valence-corrected chi connectivity index (χ0v) is 18.4. The van der Waals surface area contributed by atoms with Gasteiger partial charge >= 0.3 is 0 Å². The molecular formula is C24H26N4O2S. The molecule has 4 rings (SSSR count). The number of piperazine rings is 1. The van der Waals surface area contributed by atoms with Crippen LogP contribution < -0.4 is 4.74 Å². The molecule has 160 valence electrons. The molecule has 6 nitrogen and oxygen atoms in total. The Morgan fingerprint density at radius 3 is 2.58 bits per heavy atom. The van der Waals surface area contributed by atoms with Gasteiger partial charge in [-0.2, -0.15) is 0 Å². The number of nitrogens with zero attached hydrogens (tertiary/aromatic N) is 4. The van der Waals surface area contributed by atoms with E-state index in [-0.39, 0.29) is 5.91 Å². The predicted octanol–water partition coefficient (Wildman–Crippen LogP) is 3.78. The van der Waals surface area contributed by atoms with Crippen molar-refractivity contribution >= 4 is 23.3 Å². The summed E-state index contributed by atoms with van der Waals surface area (Å²) in [6, 6.07) is 13.7. The third-order valence-corrected chi connectivity index (χ3v) is 5.97. The van der Waals surface area contributed by atoms with E-state index in [1.165, 1.54) is 0 Å². The van der Waals surface area contributed by atoms with Gasteiger partial charge in [0.15, 0.2) is 0 Å². The quantitative estimate of drug-likeness (QED) is 0.530. The summed E-state index contributed by atoms with van der Waals surface area (Å²) < 4.78 is 5.77. The molecule has 1 aliphatic heterocycles. The Labute approximate surface area is 186 Å². The highest BCUT2D eigenvalue weighted by Crippen LogP contribution is 2.16. The molecule has 2 aromatic heterocycles. The predicted molar refractivity (Wildman–Crippen MR) is 123 cm³/mol. The molecule has 0 saturated carbocycles. The van der Waals surface area contributed by atoms with Crippen molar-refractivity contribution in [3.8, 4) is 5.75 Å². The van der Waals surface area contributed by atoms with Crippen molar-refractivity contribution < 1.29 is 9.53 Å². The summed E-state index contributed by atoms with van der Waals surface area (Å²) in [5.74, 6) is 0.842. The molecule has 31 heavy (non-hydrogen) atoms. The van der Waals surface area contributed by atoms with Crippen LogP contribution in [-0.4, -0.2) is 51.9 Å². The lowest BCUT2D eigenvalue weighted by atomic mass is 10.2. The van der Waals surface area contributed by atoms with E-state index < -0.39 is 0 Å². The maximum absolute atomic E-state index is 12.5. The topological polar surface area (TPSA) is 58.6 Å². The van der Waals surface area contributed by atoms with E-state index in [0.29, 0.717) is 6.61 Å². The minimum absolute atomic E-state index is 0.0525. The van der Waals surface area contributed by atoms with Gasteiger partial charge in [0.1, 0.15) is 12.4 Å². The maximum atomic E-state index is 12.5. The van der Waals surface area contributed by atoms with Crippen molar-refractivity contribution in [2.75, 3.05) is 26.2 Å². The van der Waals surface area contributed by atoms with Crippen LogP contribution in [0.25, 0.3) is 6.08 Å². The van der Waals surface area contributed by atoms with Gasteiger partial charge in [-0.1, -0.05) is 18.2 Å². The molecule has 1 aromatic carbocycles. The van der Waals surface area contributed by atoms with E-state index in [1.807, 2.05) is 71.9 Å². The van der Waals surface area contributed by atoms with Gasteiger partial charge in [-0.3, -0.25) is 14.7 Å². The van der Waals surface area contributed by atoms with Gasteiger partial charge in [0.2, 0.25) is 5.91 Å². The normalized spacial score (nSPS) is 14.8. The van der Waals surface area contributed by atoms with Crippen LogP contribution in [0.15, 0.2) is 60.1 Å². The molecule has 0 spiro atoms. The van der Waals surface area contributed by atoms with Crippen LogP contribution in [0.4, 0.5) is 0 Å². The molecule has 1 aliphatic rings. The van der Waals surface area contributed by atoms with E-state index in [2.05, 4.69) is 14.9 Å². The van der Waals surface area contributed by atoms with Crippen LogP contribution in [0.3, 0.4) is 0 Å². The summed E-state index contributed by atoms with van der Waals surface area (Å²) in [4.78, 5) is 25.6. The largest absolute Gasteiger partial charge is 0.487 e. The number of aryl methyl sites for hydroxylation is 1. The summed E-state index contributed by atoms with van der Waals surface area (Å²) in [5, 5.41) is 3.05. The minimum Gasteiger partial charge on any atom is -0.487 e. The number of rotatable bonds is 7. The number of aromatic nitrogens is 2. The fourth-order valence-corrected chi connectivity index (χ4v) is 4.02. The van der Waals surface area contributed by atoms with E-state index in [9.17, 15) is 4.79 Å². The Bertz CT molecular complexity index is 1010. The Kier molecular flexibility index (Phi) is 7.07. The van der Waals surface area contributed by atoms with E-state index in [4.69, 9.17) is 4.74 Å². The van der Waals surface area contributed by atoms with Crippen molar-refractivity contribution in [3.63, 3.8) is 0 Å². The molecule has 3 heterocycles. The molecule has 1 saturated heterocycles. The van der Waals surface area contributed by atoms with E-state index in [0.717, 1.165) is 60.4 Å². The molecule has 1 amide bonds. The number of carbonyl (C=O) groups is 1. The van der Waals surface area contributed by atoms with Crippen molar-refractivity contribution in [2.24, 2.45) is 0 Å². The van der Waals surface area contributed by atoms with Gasteiger partial charge in [-0.15, -0.1) is 11.3 Å². The van der Waals surface area contributed by atoms with Crippen molar-refractivity contribution in [2.45, 2.75) is 20.1 Å². The molecule has 0 aliphatic carbocycles. The van der Waals surface area contributed by atoms with Gasteiger partial charge in [0.25, 0.3) is 0 Å². The lowest BCUT2D eigenvalue weighted by molar-refractivity contribution is -0.127. The molecule has 0 radical (unpaired) electrons. The second-order valence-corrected chi connectivity index (χ2v) is 8.53. The number of hydrogen-bond donors (Lipinski definition) is 0. The van der Waals surface area contributed by atoms with Crippen LogP contribution in [0.1, 0.15) is 22.0 Å². The smallest absolute Gasteiger partial charge is 0.246 e. The molecule has 3 aromatic rings. The van der Waals surface area contributed by atoms with Crippen LogP contribution >= 0.6 is 11.3 Å². The minimum atomic E-state index is 0.0525. The fraction of sp³-hybridized carbons (Fsp3) is 0.292. The number of thiazole rings is 1. The van der Waals surface area contributed by atoms with Gasteiger partial charge in [-0.05, 0) is 42.8 Å². The highest BCUT2D eigenvalue weighted by molar-refractivity contribution is 7.09. The highest BCUT2D eigenvalue weighted by atomic mass is 32.1. The average Bonchev–Trinajstić information content (AvgIpc) is 3.23. The Morgan fingerprint density at radius 1 is 1.10 bits per heavy atom. The number of hydrogen-bond acceptors (Lipinski definition) is 6. The van der Waals surface area contributed by atoms with Gasteiger partial charge in [0.05, 0.1) is 16.4 Å². The first-order valence-electron chi connectivity index (χ1n) is 10.4. The zero-order chi connectivity index (χ0) is 21.5. The standard InChI is InChI=1S/C24H26N4O2S/c1-19-26-22(18-31-19)17-30-23-8-5-20(6-9-23)7-10-24(29)28-14-12-27(13-15-28)16-21-4-2-3-11-25-21/h2-11,18H,12-17H2,1H3/b10-7+. The molecule has 1 fully saturated rings. The molecule has 7 heteroatoms. The van der Waals surface area contributed by atoms with Crippen molar-refractivity contribution in [1.29, 1.82) is 0 Å². The third-order valence-electron chi connectivity index (χ3n) is 5.15. The molecule has 0 bridgehead atoms. The van der Waals surface area contributed by atoms with Gasteiger partial charge < -0.3 is 9.64 Å². The maximum Gasteiger partial charge on any atom is 0.246 e. The van der Waals surface area contributed by atoms with Crippen LogP contribution in [0, 0.1) is 6.92 Å². The fourth-order valence-electron chi connectivity index (χ4n) is 3.43. The van der Waals surface area contributed by atoms with Crippen LogP contribution in [-0.2, 0) is 17.9 Å². The van der Waals surface area contributed by atoms with E-state index in [1.54, 1.807) is 17.4 Å². The first-order chi connectivity index (χ1) is 15.2. The number of pyridine rings is 1. The molecular weight excluding hydrogens is 408 g/mol. The third kappa shape index (κ3) is 6.23. The summed E-state index contributed by atoms with van der Waals surface area (Å²) in [7, 11) is 0. The van der Waals surface area contributed by atoms with Gasteiger partial charge in [0, 0.05) is 50.4 Å². The van der Waals surface area contributed by atoms with Gasteiger partial charge in [-0.25, -0.2) is 4.98 Å². The van der Waals surface area contributed by atoms with Crippen molar-refractivity contribution in [3.05, 3.63) is 82.1 Å². The second-order valence-electron chi connectivity index (χ2n) is 7.47. The average molecular weight is 435 g/mol. The lowest BCUT2D eigenvalue weighted by Gasteiger charge is -2.34. The lowest BCUT2D eigenvalue weighted by Crippen LogP contribution is -2.47. The van der Waals surface area contributed by atoms with E-state index >= 15 is 0 Å². The van der Waals surface area contributed by atoms with Crippen molar-refractivity contribution in [1.82, 2.24) is 19.8 Å². The summed E-state index contributed by atoms with van der Waals surface area (Å²) in [6.45, 7) is 6.47. The number of ether oxygens (including phenoxy) is 1. The Morgan fingerprint density at radius 2 is 1.90 bits per heavy atom. The van der Waals surface area contributed by atoms with Crippen LogP contribution in [0.5, 0.6) is 5.75 Å². The highest BCUT2D eigenvalue weighted by Gasteiger charge is 2.19. The summed E-state index contributed by atoms with van der Waals surface area (Å²) >= 11 is 1.62. The number of carbonyl (C=O) groups excluding carboxylic acids is 1. The number of benzene rings is 1. The molecule has 0 N–H and O–H groups in total. The zero-order valence-electron chi connectivity index (χ0n) is 17.6. The van der Waals surface area contributed by atoms with Crippen LogP contribution in [0.2, 0.25) is 0 Å². The molecule has 0 atom stereocenters. The molecule has 0 unspecified atom stereocenters. The summed E-state index contributed by atoms with van der Waals surface area (Å²) in [6.07, 6.45) is 5.33. The first kappa shape index (κ1) is 21.2. The summed E-state index contributed by atoms with van der Waals surface area (Å²) in [5.41, 5.74) is 2.98. The Balaban J connectivity index is 1.22. The first-order valence-corrected chi connectivity index (χ1v) is 11.3. The number of amides is 1. The second kappa shape index (κ2) is 10.3. The SMILES string of the molecule is Cc1nc(COc2ccc(/C=C/C(=O)N3CCN(Cc4ccccn4)CC3)cc2)cs1. The Hall–Kier alpha value is -3.03. The monoisotopic (exact) mass is 434 g/mol.